The molecule has 1 aliphatic rings. The molecule has 152 valence electrons. The van der Waals surface area contributed by atoms with E-state index in [0.717, 1.165) is 36.9 Å². The molecule has 1 aromatic carbocycles. The predicted molar refractivity (Wildman–Crippen MR) is 123 cm³/mol. The van der Waals surface area contributed by atoms with Crippen molar-refractivity contribution in [1.29, 1.82) is 0 Å². The third-order valence-corrected chi connectivity index (χ3v) is 5.68. The van der Waals surface area contributed by atoms with Gasteiger partial charge in [0.05, 0.1) is 20.8 Å². The maximum absolute atomic E-state index is 11.9. The number of nitrogens with one attached hydrogen (secondary N) is 1. The van der Waals surface area contributed by atoms with Gasteiger partial charge in [-0.1, -0.05) is 13.0 Å². The van der Waals surface area contributed by atoms with E-state index >= 15 is 0 Å². The molecule has 0 radical (unpaired) electrons. The molecule has 1 aliphatic heterocycles. The van der Waals surface area contributed by atoms with E-state index in [1.807, 2.05) is 17.8 Å². The number of halogens is 1. The van der Waals surface area contributed by atoms with Gasteiger partial charge in [-0.3, -0.25) is 0 Å². The van der Waals surface area contributed by atoms with Crippen LogP contribution in [0.3, 0.4) is 0 Å². The largest absolute Gasteiger partial charge is 0.496 e. The average molecular weight is 507 g/mol. The minimum Gasteiger partial charge on any atom is -0.496 e. The van der Waals surface area contributed by atoms with E-state index in [9.17, 15) is 4.79 Å². The molecule has 0 saturated carbocycles. The first-order chi connectivity index (χ1) is 12.6. The average Bonchev–Trinajstić information content (AvgIpc) is 2.70. The maximum atomic E-state index is 11.9. The van der Waals surface area contributed by atoms with Crippen LogP contribution in [0.25, 0.3) is 0 Å². The van der Waals surface area contributed by atoms with Gasteiger partial charge in [0.2, 0.25) is 0 Å². The number of ether oxygens (including phenoxy) is 2. The number of nitrogens with zero attached hydrogens (tertiary/aromatic N) is 2. The summed E-state index contributed by atoms with van der Waals surface area (Å²) in [5.41, 5.74) is 1.37. The van der Waals surface area contributed by atoms with Gasteiger partial charge in [0.1, 0.15) is 11.3 Å². The number of methoxy groups -OCH3 is 2. The first-order valence-corrected chi connectivity index (χ1v) is 10.1. The number of guanidine groups is 1. The SMILES string of the molecule is CCNC(=NCc1ccc(OC)c(C(=O)OC)c1)N1CCSC(CC)C1.I. The zero-order valence-corrected chi connectivity index (χ0v) is 19.6. The highest BCUT2D eigenvalue weighted by Gasteiger charge is 2.21. The van der Waals surface area contributed by atoms with E-state index in [-0.39, 0.29) is 24.0 Å². The minimum absolute atomic E-state index is 0. The number of aliphatic imine (C=N–C) groups is 1. The summed E-state index contributed by atoms with van der Waals surface area (Å²) in [6, 6.07) is 5.51. The first-order valence-electron chi connectivity index (χ1n) is 9.02. The van der Waals surface area contributed by atoms with Gasteiger partial charge in [0.25, 0.3) is 0 Å². The van der Waals surface area contributed by atoms with E-state index in [1.165, 1.54) is 13.5 Å². The Hall–Kier alpha value is -1.16. The Labute approximate surface area is 183 Å². The Bertz CT molecular complexity index is 643. The lowest BCUT2D eigenvalue weighted by atomic mass is 10.1. The van der Waals surface area contributed by atoms with Crippen molar-refractivity contribution >= 4 is 47.7 Å². The third-order valence-electron chi connectivity index (χ3n) is 4.31. The molecule has 27 heavy (non-hydrogen) atoms. The zero-order valence-electron chi connectivity index (χ0n) is 16.5. The fraction of sp³-hybridized carbons (Fsp3) is 0.579. The van der Waals surface area contributed by atoms with E-state index in [4.69, 9.17) is 14.5 Å². The molecule has 1 N–H and O–H groups in total. The number of hydrogen-bond acceptors (Lipinski definition) is 5. The Morgan fingerprint density at radius 1 is 1.37 bits per heavy atom. The zero-order chi connectivity index (χ0) is 18.9. The van der Waals surface area contributed by atoms with Gasteiger partial charge in [-0.25, -0.2) is 9.79 Å². The standard InChI is InChI=1S/C19H29N3O3S.HI/c1-5-15-13-22(9-10-26-15)19(20-6-2)21-12-14-7-8-17(24-3)16(11-14)18(23)25-4;/h7-8,11,15H,5-6,9-10,12-13H2,1-4H3,(H,20,21);1H. The second-order valence-electron chi connectivity index (χ2n) is 6.04. The molecule has 0 aliphatic carbocycles. The highest BCUT2D eigenvalue weighted by Crippen LogP contribution is 2.23. The lowest BCUT2D eigenvalue weighted by molar-refractivity contribution is 0.0597. The fourth-order valence-corrected chi connectivity index (χ4v) is 4.05. The molecule has 1 aromatic rings. The molecule has 0 bridgehead atoms. The number of carbonyl (C=O) groups is 1. The van der Waals surface area contributed by atoms with Gasteiger partial charge in [0.15, 0.2) is 5.96 Å². The molecule has 0 spiro atoms. The molecule has 0 amide bonds. The van der Waals surface area contributed by atoms with Crippen LogP contribution < -0.4 is 10.1 Å². The van der Waals surface area contributed by atoms with Crippen LogP contribution >= 0.6 is 35.7 Å². The van der Waals surface area contributed by atoms with Crippen molar-refractivity contribution in [3.63, 3.8) is 0 Å². The van der Waals surface area contributed by atoms with Gasteiger partial charge in [-0.15, -0.1) is 24.0 Å². The summed E-state index contributed by atoms with van der Waals surface area (Å²) >= 11 is 2.04. The molecule has 1 atom stereocenters. The third kappa shape index (κ3) is 6.74. The van der Waals surface area contributed by atoms with Gasteiger partial charge in [0, 0.05) is 30.6 Å². The smallest absolute Gasteiger partial charge is 0.341 e. The van der Waals surface area contributed by atoms with Crippen LogP contribution in [0.1, 0.15) is 36.2 Å². The minimum atomic E-state index is -0.404. The second-order valence-corrected chi connectivity index (χ2v) is 7.45. The molecule has 1 heterocycles. The molecule has 1 saturated heterocycles. The van der Waals surface area contributed by atoms with E-state index in [2.05, 4.69) is 24.1 Å². The van der Waals surface area contributed by atoms with Gasteiger partial charge in [-0.05, 0) is 31.0 Å². The molecular formula is C19H30IN3O3S. The number of benzene rings is 1. The summed E-state index contributed by atoms with van der Waals surface area (Å²) in [6.07, 6.45) is 1.17. The van der Waals surface area contributed by atoms with Crippen LogP contribution in [-0.2, 0) is 11.3 Å². The Morgan fingerprint density at radius 2 is 2.15 bits per heavy atom. The molecule has 2 rings (SSSR count). The van der Waals surface area contributed by atoms with Crippen LogP contribution in [0.2, 0.25) is 0 Å². The van der Waals surface area contributed by atoms with Crippen molar-refractivity contribution in [2.24, 2.45) is 4.99 Å². The van der Waals surface area contributed by atoms with Crippen LogP contribution in [0.15, 0.2) is 23.2 Å². The lowest BCUT2D eigenvalue weighted by Crippen LogP contribution is -2.48. The summed E-state index contributed by atoms with van der Waals surface area (Å²) in [4.78, 5) is 19.1. The van der Waals surface area contributed by atoms with Crippen LogP contribution in [-0.4, -0.2) is 61.7 Å². The first kappa shape index (κ1) is 23.9. The number of esters is 1. The lowest BCUT2D eigenvalue weighted by Gasteiger charge is -2.34. The van der Waals surface area contributed by atoms with Crippen molar-refractivity contribution in [1.82, 2.24) is 10.2 Å². The van der Waals surface area contributed by atoms with Crippen molar-refractivity contribution in [2.45, 2.75) is 32.1 Å². The highest BCUT2D eigenvalue weighted by molar-refractivity contribution is 14.0. The molecular weight excluding hydrogens is 477 g/mol. The molecule has 1 fully saturated rings. The topological polar surface area (TPSA) is 63.2 Å². The summed E-state index contributed by atoms with van der Waals surface area (Å²) in [7, 11) is 2.91. The fourth-order valence-electron chi connectivity index (χ4n) is 2.87. The monoisotopic (exact) mass is 507 g/mol. The Kier molecular flexibility index (Phi) is 10.9. The van der Waals surface area contributed by atoms with Crippen molar-refractivity contribution in [3.8, 4) is 5.75 Å². The van der Waals surface area contributed by atoms with E-state index in [1.54, 1.807) is 19.2 Å². The molecule has 6 nitrogen and oxygen atoms in total. The second kappa shape index (κ2) is 12.3. The number of rotatable bonds is 6. The quantitative estimate of drug-likeness (QED) is 0.276. The maximum Gasteiger partial charge on any atom is 0.341 e. The number of hydrogen-bond donors (Lipinski definition) is 1. The summed E-state index contributed by atoms with van der Waals surface area (Å²) in [5, 5.41) is 4.04. The van der Waals surface area contributed by atoms with Crippen LogP contribution in [0.4, 0.5) is 0 Å². The van der Waals surface area contributed by atoms with E-state index < -0.39 is 5.97 Å². The van der Waals surface area contributed by atoms with Crippen LogP contribution in [0.5, 0.6) is 5.75 Å². The van der Waals surface area contributed by atoms with Gasteiger partial charge in [-0.2, -0.15) is 11.8 Å². The normalized spacial score (nSPS) is 17.1. The van der Waals surface area contributed by atoms with Crippen molar-refractivity contribution in [3.05, 3.63) is 29.3 Å². The van der Waals surface area contributed by atoms with Crippen LogP contribution in [0, 0.1) is 0 Å². The predicted octanol–water partition coefficient (Wildman–Crippen LogP) is 3.39. The molecule has 0 aromatic heterocycles. The summed E-state index contributed by atoms with van der Waals surface area (Å²) in [5.74, 6) is 2.16. The summed E-state index contributed by atoms with van der Waals surface area (Å²) < 4.78 is 10.1. The molecule has 8 heteroatoms. The number of carbonyl (C=O) groups excluding carboxylic acids is 1. The molecule has 1 unspecified atom stereocenters. The van der Waals surface area contributed by atoms with Gasteiger partial charge >= 0.3 is 5.97 Å². The number of thioether (sulfide) groups is 1. The van der Waals surface area contributed by atoms with E-state index in [0.29, 0.717) is 23.1 Å². The summed E-state index contributed by atoms with van der Waals surface area (Å²) in [6.45, 7) is 7.66. The Morgan fingerprint density at radius 3 is 2.78 bits per heavy atom. The van der Waals surface area contributed by atoms with Gasteiger partial charge < -0.3 is 19.7 Å². The highest BCUT2D eigenvalue weighted by atomic mass is 127. The van der Waals surface area contributed by atoms with Crippen molar-refractivity contribution in [2.75, 3.05) is 39.6 Å². The van der Waals surface area contributed by atoms with Crippen molar-refractivity contribution < 1.29 is 14.3 Å². The Balaban J connectivity index is 0.00000364.